The molecule has 2 aromatic heterocycles. The number of hydrogen-bond donors (Lipinski definition) is 1. The summed E-state index contributed by atoms with van der Waals surface area (Å²) in [4.78, 5) is 35.9. The van der Waals surface area contributed by atoms with Gasteiger partial charge in [0.2, 0.25) is 5.88 Å². The highest BCUT2D eigenvalue weighted by Gasteiger charge is 2.30. The Hall–Kier alpha value is -2.49. The zero-order chi connectivity index (χ0) is 33.4. The quantitative estimate of drug-likeness (QED) is 0.224. The lowest BCUT2D eigenvalue weighted by Crippen LogP contribution is -2.35. The third-order valence-electron chi connectivity index (χ3n) is 5.36. The van der Waals surface area contributed by atoms with Gasteiger partial charge in [-0.05, 0) is 33.6 Å². The van der Waals surface area contributed by atoms with Crippen molar-refractivity contribution in [3.8, 4) is 5.88 Å². The molecule has 1 saturated heterocycles. The van der Waals surface area contributed by atoms with Crippen LogP contribution < -0.4 is 10.1 Å². The van der Waals surface area contributed by atoms with E-state index in [1.165, 1.54) is 0 Å². The van der Waals surface area contributed by atoms with E-state index in [4.69, 9.17) is 18.9 Å². The van der Waals surface area contributed by atoms with Gasteiger partial charge in [-0.2, -0.15) is 0 Å². The number of methoxy groups -OCH3 is 1. The zero-order valence-electron chi connectivity index (χ0n) is 28.9. The van der Waals surface area contributed by atoms with E-state index in [0.717, 1.165) is 12.8 Å². The van der Waals surface area contributed by atoms with Gasteiger partial charge in [0.05, 0.1) is 25.0 Å². The highest BCUT2D eigenvalue weighted by atomic mass is 31.0. The normalized spacial score (nSPS) is 13.6. The molecule has 2 amide bonds. The maximum absolute atomic E-state index is 12.8. The summed E-state index contributed by atoms with van der Waals surface area (Å²) in [6.45, 7) is 24.7. The molecule has 3 heterocycles. The van der Waals surface area contributed by atoms with Crippen LogP contribution in [-0.4, -0.2) is 90.3 Å². The van der Waals surface area contributed by atoms with Gasteiger partial charge in [0.1, 0.15) is 17.8 Å². The first kappa shape index (κ1) is 42.6. The van der Waals surface area contributed by atoms with Gasteiger partial charge in [-0.25, -0.2) is 14.8 Å². The average Bonchev–Trinajstić information content (AvgIpc) is 3.65. The SMILES string of the molecule is CC.CC.CC.CCCOCn1cc(C(=O)NCCOC)c2nc(OCC3CCN(C(=O)OC(C)(C)C)C3)cnc21.CP. The number of nitrogens with one attached hydrogen (secondary N) is 1. The van der Waals surface area contributed by atoms with E-state index >= 15 is 0 Å². The van der Waals surface area contributed by atoms with Crippen molar-refractivity contribution in [3.63, 3.8) is 0 Å². The molecule has 1 aliphatic heterocycles. The second-order valence-corrected chi connectivity index (χ2v) is 9.57. The van der Waals surface area contributed by atoms with Crippen LogP contribution in [0.2, 0.25) is 0 Å². The summed E-state index contributed by atoms with van der Waals surface area (Å²) >= 11 is 0. The smallest absolute Gasteiger partial charge is 0.410 e. The predicted molar refractivity (Wildman–Crippen MR) is 179 cm³/mol. The van der Waals surface area contributed by atoms with E-state index in [-0.39, 0.29) is 24.6 Å². The maximum atomic E-state index is 12.8. The summed E-state index contributed by atoms with van der Waals surface area (Å²) in [5, 5.41) is 2.82. The third kappa shape index (κ3) is 15.7. The molecule has 0 radical (unpaired) electrons. The minimum atomic E-state index is -0.526. The predicted octanol–water partition coefficient (Wildman–Crippen LogP) is 6.40. The van der Waals surface area contributed by atoms with E-state index in [9.17, 15) is 9.59 Å². The Morgan fingerprint density at radius 2 is 1.74 bits per heavy atom. The lowest BCUT2D eigenvalue weighted by Gasteiger charge is -2.24. The number of carbonyl (C=O) groups excluding carboxylic acids is 2. The van der Waals surface area contributed by atoms with Crippen LogP contribution in [-0.2, 0) is 20.9 Å². The van der Waals surface area contributed by atoms with Crippen molar-refractivity contribution in [2.75, 3.05) is 53.2 Å². The molecule has 12 heteroatoms. The molecule has 3 rings (SSSR count). The zero-order valence-corrected chi connectivity index (χ0v) is 30.1. The van der Waals surface area contributed by atoms with Gasteiger partial charge in [-0.3, -0.25) is 4.79 Å². The Morgan fingerprint density at radius 3 is 2.33 bits per heavy atom. The van der Waals surface area contributed by atoms with Crippen LogP contribution in [0.3, 0.4) is 0 Å². The van der Waals surface area contributed by atoms with Crippen LogP contribution in [0, 0.1) is 5.92 Å². The molecule has 11 nitrogen and oxygen atoms in total. The van der Waals surface area contributed by atoms with Gasteiger partial charge in [-0.1, -0.05) is 55.1 Å². The molecule has 1 fully saturated rings. The monoisotopic (exact) mass is 629 g/mol. The topological polar surface area (TPSA) is 117 Å². The fourth-order valence-electron chi connectivity index (χ4n) is 3.70. The molecule has 250 valence electrons. The van der Waals surface area contributed by atoms with Crippen molar-refractivity contribution < 1.29 is 28.5 Å². The lowest BCUT2D eigenvalue weighted by molar-refractivity contribution is 0.0284. The second kappa shape index (κ2) is 24.9. The van der Waals surface area contributed by atoms with Crippen molar-refractivity contribution in [1.29, 1.82) is 0 Å². The molecular weight excluding hydrogens is 569 g/mol. The van der Waals surface area contributed by atoms with Crippen molar-refractivity contribution >= 4 is 32.4 Å². The molecule has 0 spiro atoms. The van der Waals surface area contributed by atoms with Crippen LogP contribution in [0.4, 0.5) is 4.79 Å². The summed E-state index contributed by atoms with van der Waals surface area (Å²) in [6, 6.07) is 0. The molecule has 1 N–H and O–H groups in total. The standard InChI is InChI=1S/C24H37N5O6.3C2H6.CH5P/c1-6-10-33-16-29-14-18(22(30)25-8-11-32-5)20-21(29)26-12-19(27-20)34-15-17-7-9-28(13-17)23(31)35-24(2,3)4;4*1-2/h12,14,17H,6-11,13,15-16H2,1-5H3,(H,25,30);3*1-2H3;2H2,1H3. The number of carbonyl (C=O) groups is 2. The van der Waals surface area contributed by atoms with Gasteiger partial charge < -0.3 is 33.7 Å². The molecule has 0 bridgehead atoms. The summed E-state index contributed by atoms with van der Waals surface area (Å²) in [6.07, 6.45) is 4.64. The number of likely N-dealkylation sites (tertiary alicyclic amines) is 1. The number of amides is 2. The van der Waals surface area contributed by atoms with Crippen LogP contribution in [0.5, 0.6) is 5.88 Å². The highest BCUT2D eigenvalue weighted by molar-refractivity contribution is 7.15. The largest absolute Gasteiger partial charge is 0.476 e. The minimum absolute atomic E-state index is 0.156. The lowest BCUT2D eigenvalue weighted by atomic mass is 10.1. The van der Waals surface area contributed by atoms with Crippen LogP contribution in [0.1, 0.15) is 92.4 Å². The summed E-state index contributed by atoms with van der Waals surface area (Å²) in [5.41, 5.74) is 0.857. The first-order valence-corrected chi connectivity index (χ1v) is 16.8. The Morgan fingerprint density at radius 1 is 1.09 bits per heavy atom. The molecule has 2 aromatic rings. The Bertz CT molecular complexity index is 1010. The minimum Gasteiger partial charge on any atom is -0.476 e. The number of fused-ring (bicyclic) bond motifs is 1. The van der Waals surface area contributed by atoms with Crippen molar-refractivity contribution in [1.82, 2.24) is 24.8 Å². The first-order chi connectivity index (χ1) is 20.7. The molecule has 0 aliphatic carbocycles. The van der Waals surface area contributed by atoms with Gasteiger partial charge in [0.25, 0.3) is 5.91 Å². The van der Waals surface area contributed by atoms with Crippen molar-refractivity contribution in [2.45, 2.75) is 94.4 Å². The van der Waals surface area contributed by atoms with E-state index in [1.54, 1.807) is 29.0 Å². The summed E-state index contributed by atoms with van der Waals surface area (Å²) < 4.78 is 23.8. The number of nitrogens with zero attached hydrogens (tertiary/aromatic N) is 4. The third-order valence-corrected chi connectivity index (χ3v) is 5.36. The maximum Gasteiger partial charge on any atom is 0.410 e. The molecule has 2 atom stereocenters. The van der Waals surface area contributed by atoms with Crippen LogP contribution >= 0.6 is 9.24 Å². The van der Waals surface area contributed by atoms with Gasteiger partial charge >= 0.3 is 6.09 Å². The molecular formula is C31H60N5O6P. The average molecular weight is 630 g/mol. The molecule has 43 heavy (non-hydrogen) atoms. The second-order valence-electron chi connectivity index (χ2n) is 9.57. The van der Waals surface area contributed by atoms with Crippen LogP contribution in [0.15, 0.2) is 12.4 Å². The first-order valence-electron chi connectivity index (χ1n) is 15.6. The van der Waals surface area contributed by atoms with Crippen molar-refractivity contribution in [3.05, 3.63) is 18.0 Å². The van der Waals surface area contributed by atoms with E-state index < -0.39 is 5.60 Å². The number of hydrogen-bond acceptors (Lipinski definition) is 8. The highest BCUT2D eigenvalue weighted by Crippen LogP contribution is 2.23. The number of rotatable bonds is 11. The van der Waals surface area contributed by atoms with Gasteiger partial charge in [0, 0.05) is 45.5 Å². The molecule has 2 unspecified atom stereocenters. The Kier molecular flexibility index (Phi) is 24.7. The van der Waals surface area contributed by atoms with Crippen molar-refractivity contribution in [2.24, 2.45) is 5.92 Å². The molecule has 0 aromatic carbocycles. The van der Waals surface area contributed by atoms with Gasteiger partial charge in [-0.15, -0.1) is 9.24 Å². The van der Waals surface area contributed by atoms with E-state index in [2.05, 4.69) is 24.5 Å². The Balaban J connectivity index is 0. The number of aromatic nitrogens is 3. The van der Waals surface area contributed by atoms with E-state index in [0.29, 0.717) is 62.1 Å². The fraction of sp³-hybridized carbons (Fsp3) is 0.742. The molecule has 0 saturated carbocycles. The number of ether oxygens (including phenoxy) is 4. The fourth-order valence-corrected chi connectivity index (χ4v) is 3.70. The van der Waals surface area contributed by atoms with Gasteiger partial charge in [0.15, 0.2) is 5.65 Å². The summed E-state index contributed by atoms with van der Waals surface area (Å²) in [5.74, 6) is 0.215. The van der Waals surface area contributed by atoms with Crippen LogP contribution in [0.25, 0.3) is 11.2 Å². The van der Waals surface area contributed by atoms with E-state index in [1.807, 2.05) is 75.9 Å². The molecule has 1 aliphatic rings. The Labute approximate surface area is 263 Å². The summed E-state index contributed by atoms with van der Waals surface area (Å²) in [7, 11) is 4.00.